The molecule has 4 nitrogen and oxygen atoms in total. The highest BCUT2D eigenvalue weighted by Gasteiger charge is 2.21. The second kappa shape index (κ2) is 6.57. The van der Waals surface area contributed by atoms with Crippen LogP contribution in [-0.2, 0) is 10.0 Å². The van der Waals surface area contributed by atoms with Crippen molar-refractivity contribution in [1.29, 1.82) is 0 Å². The van der Waals surface area contributed by atoms with Gasteiger partial charge in [0.25, 0.3) is 0 Å². The topological polar surface area (TPSA) is 58.2 Å². The molecule has 16 heavy (non-hydrogen) atoms. The molecule has 5 heteroatoms. The second-order valence-electron chi connectivity index (χ2n) is 4.71. The first kappa shape index (κ1) is 13.9. The SMILES string of the molecule is CCCCC(C)NS(=O)(=O)CCNC1CC1. The van der Waals surface area contributed by atoms with E-state index < -0.39 is 10.0 Å². The number of hydrogen-bond donors (Lipinski definition) is 2. The van der Waals surface area contributed by atoms with Crippen LogP contribution in [0.5, 0.6) is 0 Å². The average molecular weight is 248 g/mol. The lowest BCUT2D eigenvalue weighted by Gasteiger charge is -2.13. The van der Waals surface area contributed by atoms with E-state index in [9.17, 15) is 8.42 Å². The fraction of sp³-hybridized carbons (Fsp3) is 1.00. The number of unbranched alkanes of at least 4 members (excludes halogenated alkanes) is 1. The molecule has 96 valence electrons. The zero-order valence-electron chi connectivity index (χ0n) is 10.3. The molecule has 0 saturated heterocycles. The summed E-state index contributed by atoms with van der Waals surface area (Å²) in [5, 5.41) is 3.21. The molecule has 0 aromatic heterocycles. The lowest BCUT2D eigenvalue weighted by atomic mass is 10.2. The maximum Gasteiger partial charge on any atom is 0.213 e. The summed E-state index contributed by atoms with van der Waals surface area (Å²) in [7, 11) is -3.09. The van der Waals surface area contributed by atoms with E-state index in [1.54, 1.807) is 0 Å². The van der Waals surface area contributed by atoms with Crippen LogP contribution in [0.3, 0.4) is 0 Å². The number of rotatable bonds is 9. The third-order valence-electron chi connectivity index (χ3n) is 2.75. The largest absolute Gasteiger partial charge is 0.313 e. The van der Waals surface area contributed by atoms with Gasteiger partial charge in [0.1, 0.15) is 0 Å². The lowest BCUT2D eigenvalue weighted by Crippen LogP contribution is -2.37. The van der Waals surface area contributed by atoms with E-state index in [2.05, 4.69) is 17.0 Å². The fourth-order valence-electron chi connectivity index (χ4n) is 1.62. The Morgan fingerprint density at radius 3 is 2.62 bits per heavy atom. The molecule has 0 aliphatic heterocycles. The second-order valence-corrected chi connectivity index (χ2v) is 6.58. The Kier molecular flexibility index (Phi) is 5.72. The van der Waals surface area contributed by atoms with Crippen molar-refractivity contribution in [2.24, 2.45) is 0 Å². The highest BCUT2D eigenvalue weighted by Crippen LogP contribution is 2.18. The molecule has 1 aliphatic rings. The molecule has 1 aliphatic carbocycles. The van der Waals surface area contributed by atoms with Crippen molar-refractivity contribution >= 4 is 10.0 Å². The summed E-state index contributed by atoms with van der Waals surface area (Å²) in [5.74, 6) is 0.194. The van der Waals surface area contributed by atoms with Crippen LogP contribution < -0.4 is 10.0 Å². The van der Waals surface area contributed by atoms with Crippen molar-refractivity contribution in [2.45, 2.75) is 58.0 Å². The van der Waals surface area contributed by atoms with E-state index in [1.807, 2.05) is 6.92 Å². The molecule has 1 saturated carbocycles. The maximum atomic E-state index is 11.7. The molecule has 0 heterocycles. The Bertz CT molecular complexity index is 286. The summed E-state index contributed by atoms with van der Waals surface area (Å²) in [5.41, 5.74) is 0. The summed E-state index contributed by atoms with van der Waals surface area (Å²) < 4.78 is 26.0. The maximum absolute atomic E-state index is 11.7. The Balaban J connectivity index is 2.15. The third-order valence-corrected chi connectivity index (χ3v) is 4.26. The number of sulfonamides is 1. The third kappa shape index (κ3) is 6.45. The van der Waals surface area contributed by atoms with Crippen LogP contribution in [-0.4, -0.2) is 32.8 Å². The average Bonchev–Trinajstić information content (AvgIpc) is 2.97. The summed E-state index contributed by atoms with van der Waals surface area (Å²) in [6.07, 6.45) is 5.49. The Hall–Kier alpha value is -0.130. The first-order chi connectivity index (χ1) is 7.53. The van der Waals surface area contributed by atoms with Crippen LogP contribution in [0.1, 0.15) is 46.0 Å². The molecular formula is C11H24N2O2S. The van der Waals surface area contributed by atoms with Gasteiger partial charge < -0.3 is 5.32 Å². The smallest absolute Gasteiger partial charge is 0.213 e. The van der Waals surface area contributed by atoms with Gasteiger partial charge in [-0.2, -0.15) is 0 Å². The summed E-state index contributed by atoms with van der Waals surface area (Å²) in [6, 6.07) is 0.638. The molecule has 2 N–H and O–H groups in total. The van der Waals surface area contributed by atoms with Crippen molar-refractivity contribution in [1.82, 2.24) is 10.0 Å². The van der Waals surface area contributed by atoms with E-state index in [0.717, 1.165) is 19.3 Å². The minimum absolute atomic E-state index is 0.0610. The van der Waals surface area contributed by atoms with Gasteiger partial charge in [0, 0.05) is 18.6 Å². The zero-order valence-corrected chi connectivity index (χ0v) is 11.1. The summed E-state index contributed by atoms with van der Waals surface area (Å²) in [6.45, 7) is 4.61. The molecular weight excluding hydrogens is 224 g/mol. The van der Waals surface area contributed by atoms with Crippen LogP contribution >= 0.6 is 0 Å². The highest BCUT2D eigenvalue weighted by molar-refractivity contribution is 7.89. The first-order valence-corrected chi connectivity index (χ1v) is 7.92. The summed E-state index contributed by atoms with van der Waals surface area (Å²) in [4.78, 5) is 0. The molecule has 1 fully saturated rings. The van der Waals surface area contributed by atoms with Crippen LogP contribution in [0, 0.1) is 0 Å². The van der Waals surface area contributed by atoms with Crippen molar-refractivity contribution in [3.63, 3.8) is 0 Å². The molecule has 1 rings (SSSR count). The van der Waals surface area contributed by atoms with E-state index in [0.29, 0.717) is 12.6 Å². The van der Waals surface area contributed by atoms with E-state index in [1.165, 1.54) is 12.8 Å². The molecule has 0 radical (unpaired) electrons. The predicted octanol–water partition coefficient (Wildman–Crippen LogP) is 1.24. The van der Waals surface area contributed by atoms with Gasteiger partial charge in [-0.1, -0.05) is 19.8 Å². The van der Waals surface area contributed by atoms with Crippen LogP contribution in [0.15, 0.2) is 0 Å². The Morgan fingerprint density at radius 1 is 1.38 bits per heavy atom. The first-order valence-electron chi connectivity index (χ1n) is 6.27. The minimum Gasteiger partial charge on any atom is -0.313 e. The molecule has 0 amide bonds. The van der Waals surface area contributed by atoms with Crippen LogP contribution in [0.4, 0.5) is 0 Å². The molecule has 0 aromatic carbocycles. The quantitative estimate of drug-likeness (QED) is 0.645. The fourth-order valence-corrected chi connectivity index (χ4v) is 2.85. The number of nitrogens with one attached hydrogen (secondary N) is 2. The van der Waals surface area contributed by atoms with Gasteiger partial charge in [0.2, 0.25) is 10.0 Å². The molecule has 0 bridgehead atoms. The molecule has 0 spiro atoms. The monoisotopic (exact) mass is 248 g/mol. The van der Waals surface area contributed by atoms with Crippen LogP contribution in [0.25, 0.3) is 0 Å². The minimum atomic E-state index is -3.09. The highest BCUT2D eigenvalue weighted by atomic mass is 32.2. The zero-order chi connectivity index (χ0) is 12.0. The van der Waals surface area contributed by atoms with Crippen molar-refractivity contribution in [3.05, 3.63) is 0 Å². The summed E-state index contributed by atoms with van der Waals surface area (Å²) >= 11 is 0. The van der Waals surface area contributed by atoms with Crippen molar-refractivity contribution < 1.29 is 8.42 Å². The lowest BCUT2D eigenvalue weighted by molar-refractivity contribution is 0.532. The molecule has 0 aromatic rings. The molecule has 1 unspecified atom stereocenters. The van der Waals surface area contributed by atoms with Gasteiger partial charge in [-0.15, -0.1) is 0 Å². The van der Waals surface area contributed by atoms with E-state index in [-0.39, 0.29) is 11.8 Å². The van der Waals surface area contributed by atoms with Gasteiger partial charge in [-0.3, -0.25) is 0 Å². The Morgan fingerprint density at radius 2 is 2.06 bits per heavy atom. The van der Waals surface area contributed by atoms with Gasteiger partial charge in [0.15, 0.2) is 0 Å². The normalized spacial score (nSPS) is 18.6. The Labute approximate surface area is 99.2 Å². The number of hydrogen-bond acceptors (Lipinski definition) is 3. The van der Waals surface area contributed by atoms with Gasteiger partial charge >= 0.3 is 0 Å². The van der Waals surface area contributed by atoms with Gasteiger partial charge in [0.05, 0.1) is 5.75 Å². The molecule has 1 atom stereocenters. The van der Waals surface area contributed by atoms with E-state index >= 15 is 0 Å². The van der Waals surface area contributed by atoms with Crippen molar-refractivity contribution in [2.75, 3.05) is 12.3 Å². The van der Waals surface area contributed by atoms with Crippen molar-refractivity contribution in [3.8, 4) is 0 Å². The standard InChI is InChI=1S/C11H24N2O2S/c1-3-4-5-10(2)13-16(14,15)9-8-12-11-6-7-11/h10-13H,3-9H2,1-2H3. The van der Waals surface area contributed by atoms with E-state index in [4.69, 9.17) is 0 Å². The van der Waals surface area contributed by atoms with Crippen LogP contribution in [0.2, 0.25) is 0 Å². The predicted molar refractivity (Wildman–Crippen MR) is 66.9 cm³/mol. The van der Waals surface area contributed by atoms with Gasteiger partial charge in [-0.25, -0.2) is 13.1 Å². The van der Waals surface area contributed by atoms with Gasteiger partial charge in [-0.05, 0) is 26.2 Å².